The Labute approximate surface area is 296 Å². The van der Waals surface area contributed by atoms with Crippen LogP contribution in [0.25, 0.3) is 0 Å². The van der Waals surface area contributed by atoms with E-state index in [-0.39, 0.29) is 26.4 Å². The Hall–Kier alpha value is -3.96. The van der Waals surface area contributed by atoms with Gasteiger partial charge in [-0.1, -0.05) is 134 Å². The normalized spacial score (nSPS) is 19.1. The van der Waals surface area contributed by atoms with Gasteiger partial charge in [-0.15, -0.1) is 0 Å². The predicted octanol–water partition coefficient (Wildman–Crippen LogP) is 7.78. The molecule has 4 aromatic rings. The molecule has 8 nitrogen and oxygen atoms in total. The summed E-state index contributed by atoms with van der Waals surface area (Å²) in [6.07, 6.45) is -1.17. The highest BCUT2D eigenvalue weighted by molar-refractivity contribution is 5.16. The molecule has 1 aliphatic heterocycles. The molecule has 1 fully saturated rings. The van der Waals surface area contributed by atoms with E-state index in [9.17, 15) is 0 Å². The summed E-state index contributed by atoms with van der Waals surface area (Å²) in [5, 5.41) is 0. The van der Waals surface area contributed by atoms with Crippen molar-refractivity contribution in [2.24, 2.45) is 0 Å². The highest BCUT2D eigenvalue weighted by Crippen LogP contribution is 2.39. The molecule has 0 aliphatic carbocycles. The molecule has 1 heterocycles. The number of hydrogen-bond acceptors (Lipinski definition) is 8. The first kappa shape index (κ1) is 37.3. The summed E-state index contributed by atoms with van der Waals surface area (Å²) in [4.78, 5) is 0. The molecule has 5 rings (SSSR count). The van der Waals surface area contributed by atoms with Crippen molar-refractivity contribution in [1.82, 2.24) is 0 Å². The van der Waals surface area contributed by atoms with Crippen molar-refractivity contribution in [3.8, 4) is 0 Å². The van der Waals surface area contributed by atoms with Crippen LogP contribution >= 0.6 is 0 Å². The third-order valence-corrected chi connectivity index (χ3v) is 8.16. The Kier molecular flexibility index (Phi) is 14.9. The zero-order valence-electron chi connectivity index (χ0n) is 28.8. The van der Waals surface area contributed by atoms with Crippen LogP contribution in [-0.2, 0) is 64.3 Å². The van der Waals surface area contributed by atoms with Gasteiger partial charge in [0.05, 0.1) is 52.4 Å². The van der Waals surface area contributed by atoms with Crippen LogP contribution in [0.15, 0.2) is 146 Å². The molecule has 3 unspecified atom stereocenters. The van der Waals surface area contributed by atoms with E-state index in [4.69, 9.17) is 37.9 Å². The summed E-state index contributed by atoms with van der Waals surface area (Å²) in [5.74, 6) is -1.33. The lowest BCUT2D eigenvalue weighted by atomic mass is 9.97. The third kappa shape index (κ3) is 11.6. The number of rotatable bonds is 21. The number of hydrogen-bond donors (Lipinski definition) is 0. The zero-order chi connectivity index (χ0) is 34.9. The van der Waals surface area contributed by atoms with Gasteiger partial charge in [0, 0.05) is 13.5 Å². The molecular weight excluding hydrogens is 632 g/mol. The van der Waals surface area contributed by atoms with E-state index in [2.05, 4.69) is 13.2 Å². The molecule has 0 bridgehead atoms. The van der Waals surface area contributed by atoms with Crippen LogP contribution in [0.1, 0.15) is 28.7 Å². The summed E-state index contributed by atoms with van der Waals surface area (Å²) in [6.45, 7) is 10.4. The summed E-state index contributed by atoms with van der Waals surface area (Å²) >= 11 is 0. The van der Waals surface area contributed by atoms with Crippen molar-refractivity contribution < 1.29 is 37.9 Å². The van der Waals surface area contributed by atoms with Gasteiger partial charge in [-0.25, -0.2) is 0 Å². The van der Waals surface area contributed by atoms with Gasteiger partial charge in [0.2, 0.25) is 5.79 Å². The minimum absolute atomic E-state index is 0.190. The highest BCUT2D eigenvalue weighted by Gasteiger charge is 2.54. The Morgan fingerprint density at radius 3 is 1.68 bits per heavy atom. The van der Waals surface area contributed by atoms with E-state index in [0.29, 0.717) is 26.2 Å². The van der Waals surface area contributed by atoms with Crippen molar-refractivity contribution in [1.29, 1.82) is 0 Å². The molecule has 1 saturated heterocycles. The Bertz CT molecular complexity index is 1490. The molecule has 0 amide bonds. The number of methoxy groups -OCH3 is 1. The second-order valence-corrected chi connectivity index (χ2v) is 12.1. The minimum atomic E-state index is -1.33. The van der Waals surface area contributed by atoms with Crippen molar-refractivity contribution in [3.63, 3.8) is 0 Å². The van der Waals surface area contributed by atoms with Crippen LogP contribution in [0, 0.1) is 0 Å². The van der Waals surface area contributed by atoms with Crippen LogP contribution < -0.4 is 0 Å². The third-order valence-electron chi connectivity index (χ3n) is 8.16. The second-order valence-electron chi connectivity index (χ2n) is 12.1. The lowest BCUT2D eigenvalue weighted by Gasteiger charge is -2.49. The standard InChI is InChI=1S/C42H48O8/c1-4-39(46-27-33(2)26-44-28-34-17-9-5-10-18-34)50-40-41(43-3)49-38(32-45-29-35-19-11-6-12-20-35)25-42(40,47-30-36-21-13-7-14-22-36)48-31-37-23-15-8-16-24-37/h4-24,38-41H,1-2,25-32H2,3H3/t38?,39-,40?,41?/m1/s1. The van der Waals surface area contributed by atoms with E-state index in [0.717, 1.165) is 27.8 Å². The van der Waals surface area contributed by atoms with Crippen molar-refractivity contribution in [3.05, 3.63) is 168 Å². The highest BCUT2D eigenvalue weighted by atomic mass is 16.8. The molecule has 0 spiro atoms. The quantitative estimate of drug-likeness (QED) is 0.0653. The van der Waals surface area contributed by atoms with Gasteiger partial charge < -0.3 is 37.9 Å². The van der Waals surface area contributed by atoms with E-state index >= 15 is 0 Å². The lowest BCUT2D eigenvalue weighted by molar-refractivity contribution is -0.401. The fourth-order valence-corrected chi connectivity index (χ4v) is 5.60. The number of benzene rings is 4. The van der Waals surface area contributed by atoms with E-state index in [1.807, 2.05) is 121 Å². The first-order valence-corrected chi connectivity index (χ1v) is 16.9. The number of ether oxygens (including phenoxy) is 8. The van der Waals surface area contributed by atoms with E-state index in [1.165, 1.54) is 0 Å². The molecule has 0 saturated carbocycles. The van der Waals surface area contributed by atoms with Crippen molar-refractivity contribution in [2.75, 3.05) is 26.9 Å². The average molecular weight is 681 g/mol. The SMILES string of the molecule is C=C[C@H](OCC(=C)COCc1ccccc1)OC1C(OC)OC(COCc2ccccc2)CC1(OCc1ccccc1)OCc1ccccc1. The van der Waals surface area contributed by atoms with Gasteiger partial charge in [0.1, 0.15) is 0 Å². The maximum Gasteiger partial charge on any atom is 0.203 e. The molecule has 8 heteroatoms. The second kappa shape index (κ2) is 20.0. The molecule has 4 aromatic carbocycles. The van der Waals surface area contributed by atoms with Gasteiger partial charge in [-0.3, -0.25) is 0 Å². The molecule has 1 aliphatic rings. The summed E-state index contributed by atoms with van der Waals surface area (Å²) in [6, 6.07) is 39.9. The molecule has 264 valence electrons. The van der Waals surface area contributed by atoms with Gasteiger partial charge in [0.25, 0.3) is 0 Å². The van der Waals surface area contributed by atoms with E-state index in [1.54, 1.807) is 13.2 Å². The maximum atomic E-state index is 6.79. The fourth-order valence-electron chi connectivity index (χ4n) is 5.60. The summed E-state index contributed by atoms with van der Waals surface area (Å²) < 4.78 is 50.7. The topological polar surface area (TPSA) is 73.8 Å². The maximum absolute atomic E-state index is 6.79. The molecule has 50 heavy (non-hydrogen) atoms. The minimum Gasteiger partial charge on any atom is -0.374 e. The van der Waals surface area contributed by atoms with Crippen LogP contribution in [-0.4, -0.2) is 57.5 Å². The van der Waals surface area contributed by atoms with Gasteiger partial charge in [-0.05, 0) is 33.9 Å². The predicted molar refractivity (Wildman–Crippen MR) is 192 cm³/mol. The van der Waals surface area contributed by atoms with Gasteiger partial charge in [-0.2, -0.15) is 0 Å². The van der Waals surface area contributed by atoms with Crippen molar-refractivity contribution in [2.45, 2.75) is 63.4 Å². The van der Waals surface area contributed by atoms with Crippen LogP contribution in [0.4, 0.5) is 0 Å². The van der Waals surface area contributed by atoms with Crippen LogP contribution in [0.2, 0.25) is 0 Å². The molecular formula is C42H48O8. The Balaban J connectivity index is 1.33. The van der Waals surface area contributed by atoms with Crippen molar-refractivity contribution >= 4 is 0 Å². The molecule has 0 radical (unpaired) electrons. The lowest BCUT2D eigenvalue weighted by Crippen LogP contribution is -2.63. The van der Waals surface area contributed by atoms with Crippen LogP contribution in [0.5, 0.6) is 0 Å². The van der Waals surface area contributed by atoms with E-state index < -0.39 is 30.6 Å². The van der Waals surface area contributed by atoms with Gasteiger partial charge >= 0.3 is 0 Å². The Morgan fingerprint density at radius 2 is 1.20 bits per heavy atom. The first-order valence-electron chi connectivity index (χ1n) is 16.9. The zero-order valence-corrected chi connectivity index (χ0v) is 28.8. The fraction of sp³-hybridized carbons (Fsp3) is 0.333. The monoisotopic (exact) mass is 680 g/mol. The van der Waals surface area contributed by atoms with Crippen LogP contribution in [0.3, 0.4) is 0 Å². The Morgan fingerprint density at radius 1 is 0.720 bits per heavy atom. The smallest absolute Gasteiger partial charge is 0.203 e. The van der Waals surface area contributed by atoms with Gasteiger partial charge in [0.15, 0.2) is 18.7 Å². The summed E-state index contributed by atoms with van der Waals surface area (Å²) in [5.41, 5.74) is 4.87. The largest absolute Gasteiger partial charge is 0.374 e. The average Bonchev–Trinajstić information content (AvgIpc) is 3.17. The molecule has 0 N–H and O–H groups in total. The summed E-state index contributed by atoms with van der Waals surface area (Å²) in [7, 11) is 1.57. The first-order chi connectivity index (χ1) is 24.6. The molecule has 4 atom stereocenters. The molecule has 0 aromatic heterocycles.